The van der Waals surface area contributed by atoms with Gasteiger partial charge in [0, 0.05) is 23.8 Å². The number of alkyl halides is 1. The van der Waals surface area contributed by atoms with Gasteiger partial charge in [0.15, 0.2) is 0 Å². The number of hydrogen-bond donors (Lipinski definition) is 0. The van der Waals surface area contributed by atoms with E-state index in [-0.39, 0.29) is 0 Å². The molecule has 3 heteroatoms. The summed E-state index contributed by atoms with van der Waals surface area (Å²) in [6.07, 6.45) is 9.60. The van der Waals surface area contributed by atoms with Crippen molar-refractivity contribution < 1.29 is 4.79 Å². The Labute approximate surface area is 120 Å². The van der Waals surface area contributed by atoms with E-state index in [1.54, 1.807) is 0 Å². The van der Waals surface area contributed by atoms with Crippen LogP contribution in [0.25, 0.3) is 0 Å². The molecule has 2 rings (SSSR count). The van der Waals surface area contributed by atoms with E-state index in [1.807, 2.05) is 0 Å². The van der Waals surface area contributed by atoms with Crippen LogP contribution in [0, 0.1) is 11.8 Å². The van der Waals surface area contributed by atoms with Crippen LogP contribution in [0.4, 0.5) is 0 Å². The van der Waals surface area contributed by atoms with Gasteiger partial charge in [-0.05, 0) is 57.3 Å². The lowest BCUT2D eigenvalue weighted by molar-refractivity contribution is -0.141. The van der Waals surface area contributed by atoms with Gasteiger partial charge in [-0.15, -0.1) is 0 Å². The van der Waals surface area contributed by atoms with Crippen LogP contribution in [-0.4, -0.2) is 28.7 Å². The van der Waals surface area contributed by atoms with Gasteiger partial charge in [-0.3, -0.25) is 4.79 Å². The molecule has 0 radical (unpaired) electrons. The fourth-order valence-corrected chi connectivity index (χ4v) is 3.39. The van der Waals surface area contributed by atoms with Crippen LogP contribution in [0.5, 0.6) is 0 Å². The molecule has 0 aromatic rings. The smallest absolute Gasteiger partial charge is 0.225 e. The SMILES string of the molecule is CC1CCC(C(=O)N(CCCBr)C2CCC2)CC1. The molecule has 0 unspecified atom stereocenters. The maximum absolute atomic E-state index is 12.7. The minimum atomic E-state index is 0.331. The molecule has 2 fully saturated rings. The summed E-state index contributed by atoms with van der Waals surface area (Å²) < 4.78 is 0. The fourth-order valence-electron chi connectivity index (χ4n) is 3.14. The molecule has 18 heavy (non-hydrogen) atoms. The Hall–Kier alpha value is -0.0500. The average molecular weight is 316 g/mol. The molecule has 2 aliphatic rings. The first-order valence-corrected chi connectivity index (χ1v) is 8.71. The molecular formula is C15H26BrNO. The van der Waals surface area contributed by atoms with Crippen molar-refractivity contribution in [2.45, 2.75) is 64.3 Å². The van der Waals surface area contributed by atoms with E-state index in [4.69, 9.17) is 0 Å². The predicted molar refractivity (Wildman–Crippen MR) is 78.9 cm³/mol. The van der Waals surface area contributed by atoms with Crippen LogP contribution in [0.2, 0.25) is 0 Å². The monoisotopic (exact) mass is 315 g/mol. The molecule has 0 heterocycles. The average Bonchev–Trinajstić information content (AvgIpc) is 2.32. The highest BCUT2D eigenvalue weighted by Crippen LogP contribution is 2.32. The zero-order valence-corrected chi connectivity index (χ0v) is 13.1. The van der Waals surface area contributed by atoms with Gasteiger partial charge in [0.05, 0.1) is 0 Å². The van der Waals surface area contributed by atoms with Crippen molar-refractivity contribution in [2.24, 2.45) is 11.8 Å². The molecule has 0 N–H and O–H groups in total. The molecule has 0 saturated heterocycles. The van der Waals surface area contributed by atoms with E-state index >= 15 is 0 Å². The lowest BCUT2D eigenvalue weighted by Crippen LogP contribution is -2.47. The number of rotatable bonds is 5. The van der Waals surface area contributed by atoms with Crippen LogP contribution in [-0.2, 0) is 4.79 Å². The summed E-state index contributed by atoms with van der Waals surface area (Å²) in [6.45, 7) is 3.27. The summed E-state index contributed by atoms with van der Waals surface area (Å²) in [5.41, 5.74) is 0. The molecule has 0 bridgehead atoms. The molecule has 2 nitrogen and oxygen atoms in total. The second kappa shape index (κ2) is 6.93. The van der Waals surface area contributed by atoms with Crippen molar-refractivity contribution in [2.75, 3.05) is 11.9 Å². The molecule has 0 atom stereocenters. The lowest BCUT2D eigenvalue weighted by atomic mass is 9.81. The van der Waals surface area contributed by atoms with E-state index < -0.39 is 0 Å². The van der Waals surface area contributed by atoms with Crippen molar-refractivity contribution in [1.82, 2.24) is 4.90 Å². The van der Waals surface area contributed by atoms with Crippen molar-refractivity contribution in [3.8, 4) is 0 Å². The molecule has 1 amide bonds. The molecule has 0 aromatic carbocycles. The third kappa shape index (κ3) is 3.49. The Balaban J connectivity index is 1.89. The first-order valence-electron chi connectivity index (χ1n) is 7.58. The Morgan fingerprint density at radius 1 is 1.17 bits per heavy atom. The zero-order chi connectivity index (χ0) is 13.0. The van der Waals surface area contributed by atoms with Gasteiger partial charge in [0.2, 0.25) is 5.91 Å². The quantitative estimate of drug-likeness (QED) is 0.703. The van der Waals surface area contributed by atoms with Gasteiger partial charge in [-0.25, -0.2) is 0 Å². The van der Waals surface area contributed by atoms with Gasteiger partial charge in [-0.1, -0.05) is 22.9 Å². The Bertz CT molecular complexity index is 270. The van der Waals surface area contributed by atoms with Crippen molar-refractivity contribution >= 4 is 21.8 Å². The molecule has 0 spiro atoms. The van der Waals surface area contributed by atoms with E-state index in [0.29, 0.717) is 17.9 Å². The minimum Gasteiger partial charge on any atom is -0.339 e. The minimum absolute atomic E-state index is 0.331. The van der Waals surface area contributed by atoms with E-state index in [2.05, 4.69) is 27.8 Å². The van der Waals surface area contributed by atoms with Crippen molar-refractivity contribution in [3.63, 3.8) is 0 Å². The molecule has 0 aromatic heterocycles. The first kappa shape index (κ1) is 14.4. The summed E-state index contributed by atoms with van der Waals surface area (Å²) >= 11 is 3.48. The van der Waals surface area contributed by atoms with E-state index in [1.165, 1.54) is 32.1 Å². The maximum Gasteiger partial charge on any atom is 0.225 e. The third-order valence-corrected chi connectivity index (χ3v) is 5.26. The highest BCUT2D eigenvalue weighted by atomic mass is 79.9. The molecule has 0 aliphatic heterocycles. The first-order chi connectivity index (χ1) is 8.72. The second-order valence-corrected chi connectivity index (χ2v) is 6.91. The summed E-state index contributed by atoms with van der Waals surface area (Å²) in [5.74, 6) is 1.62. The number of amides is 1. The Morgan fingerprint density at radius 2 is 1.83 bits per heavy atom. The van der Waals surface area contributed by atoms with E-state index in [9.17, 15) is 4.79 Å². The fraction of sp³-hybridized carbons (Fsp3) is 0.933. The highest BCUT2D eigenvalue weighted by molar-refractivity contribution is 9.09. The summed E-state index contributed by atoms with van der Waals surface area (Å²) in [5, 5.41) is 1.01. The standard InChI is InChI=1S/C15H26BrNO/c1-12-6-8-13(9-7-12)15(18)17(11-3-10-16)14-4-2-5-14/h12-14H,2-11H2,1H3. The van der Waals surface area contributed by atoms with Crippen molar-refractivity contribution in [1.29, 1.82) is 0 Å². The summed E-state index contributed by atoms with van der Waals surface area (Å²) in [6, 6.07) is 0.566. The third-order valence-electron chi connectivity index (χ3n) is 4.70. The second-order valence-electron chi connectivity index (χ2n) is 6.12. The highest BCUT2D eigenvalue weighted by Gasteiger charge is 2.33. The number of halogens is 1. The van der Waals surface area contributed by atoms with Gasteiger partial charge >= 0.3 is 0 Å². The molecule has 2 aliphatic carbocycles. The van der Waals surface area contributed by atoms with Gasteiger partial charge < -0.3 is 4.90 Å². The Morgan fingerprint density at radius 3 is 2.33 bits per heavy atom. The van der Waals surface area contributed by atoms with Crippen molar-refractivity contribution in [3.05, 3.63) is 0 Å². The lowest BCUT2D eigenvalue weighted by Gasteiger charge is -2.40. The van der Waals surface area contributed by atoms with Crippen LogP contribution in [0.15, 0.2) is 0 Å². The van der Waals surface area contributed by atoms with Gasteiger partial charge in [-0.2, -0.15) is 0 Å². The summed E-state index contributed by atoms with van der Waals surface area (Å²) in [7, 11) is 0. The largest absolute Gasteiger partial charge is 0.339 e. The van der Waals surface area contributed by atoms with Crippen LogP contribution in [0.3, 0.4) is 0 Å². The van der Waals surface area contributed by atoms with E-state index in [0.717, 1.165) is 37.1 Å². The number of nitrogens with zero attached hydrogens (tertiary/aromatic N) is 1. The molecule has 104 valence electrons. The summed E-state index contributed by atoms with van der Waals surface area (Å²) in [4.78, 5) is 14.9. The normalized spacial score (nSPS) is 28.8. The molecular weight excluding hydrogens is 290 g/mol. The zero-order valence-electron chi connectivity index (χ0n) is 11.5. The Kier molecular flexibility index (Phi) is 5.53. The van der Waals surface area contributed by atoms with Gasteiger partial charge in [0.25, 0.3) is 0 Å². The number of carbonyl (C=O) groups excluding carboxylic acids is 1. The van der Waals surface area contributed by atoms with Gasteiger partial charge in [0.1, 0.15) is 0 Å². The topological polar surface area (TPSA) is 20.3 Å². The van der Waals surface area contributed by atoms with Crippen LogP contribution in [0.1, 0.15) is 58.3 Å². The maximum atomic E-state index is 12.7. The number of hydrogen-bond acceptors (Lipinski definition) is 1. The van der Waals surface area contributed by atoms with Crippen LogP contribution >= 0.6 is 15.9 Å². The number of carbonyl (C=O) groups is 1. The molecule has 2 saturated carbocycles. The predicted octanol–water partition coefficient (Wildman–Crippen LogP) is 3.98. The van der Waals surface area contributed by atoms with Crippen LogP contribution < -0.4 is 0 Å².